The minimum Gasteiger partial charge on any atom is -0.481 e. The number of para-hydroxylation sites is 1. The molecule has 1 fully saturated rings. The summed E-state index contributed by atoms with van der Waals surface area (Å²) in [6, 6.07) is 10.2. The van der Waals surface area contributed by atoms with Crippen molar-refractivity contribution < 1.29 is 14.7 Å². The quantitative estimate of drug-likeness (QED) is 0.581. The highest BCUT2D eigenvalue weighted by Crippen LogP contribution is 2.15. The van der Waals surface area contributed by atoms with Gasteiger partial charge in [0.2, 0.25) is 0 Å². The maximum atomic E-state index is 11.7. The molecule has 7 heteroatoms. The molecule has 0 bridgehead atoms. The highest BCUT2D eigenvalue weighted by atomic mass is 16.4. The van der Waals surface area contributed by atoms with Gasteiger partial charge in [0.25, 0.3) is 0 Å². The number of piperazine rings is 1. The summed E-state index contributed by atoms with van der Waals surface area (Å²) in [5.74, 6) is -1.40. The van der Waals surface area contributed by atoms with Crippen LogP contribution in [0.4, 0.5) is 10.5 Å². The smallest absolute Gasteiger partial charge is 0.314 e. The minimum atomic E-state index is -0.873. The molecule has 1 aliphatic heterocycles. The summed E-state index contributed by atoms with van der Waals surface area (Å²) >= 11 is 0. The predicted molar refractivity (Wildman–Crippen MR) is 103 cm³/mol. The fourth-order valence-electron chi connectivity index (χ4n) is 3.06. The van der Waals surface area contributed by atoms with Crippen LogP contribution >= 0.6 is 0 Å². The summed E-state index contributed by atoms with van der Waals surface area (Å²) in [6.07, 6.45) is 1.39. The van der Waals surface area contributed by atoms with Gasteiger partial charge in [0, 0.05) is 45.0 Å². The number of carboxylic acids is 1. The first-order chi connectivity index (χ1) is 12.6. The lowest BCUT2D eigenvalue weighted by Gasteiger charge is -2.36. The SMILES string of the molecule is CCC(CNC(=O)NCCCN1CCN(c2ccccc2)CC1)C(=O)O. The van der Waals surface area contributed by atoms with Crippen LogP contribution in [0.3, 0.4) is 0 Å². The Morgan fingerprint density at radius 3 is 2.42 bits per heavy atom. The number of anilines is 1. The first-order valence-electron chi connectivity index (χ1n) is 9.37. The molecule has 144 valence electrons. The lowest BCUT2D eigenvalue weighted by atomic mass is 10.1. The van der Waals surface area contributed by atoms with Gasteiger partial charge in [0.15, 0.2) is 0 Å². The lowest BCUT2D eigenvalue weighted by Crippen LogP contribution is -2.47. The zero-order valence-corrected chi connectivity index (χ0v) is 15.5. The molecule has 2 amide bonds. The van der Waals surface area contributed by atoms with Crippen molar-refractivity contribution in [2.24, 2.45) is 5.92 Å². The summed E-state index contributed by atoms with van der Waals surface area (Å²) in [5, 5.41) is 14.4. The van der Waals surface area contributed by atoms with E-state index in [9.17, 15) is 9.59 Å². The molecule has 0 spiro atoms. The van der Waals surface area contributed by atoms with Crippen molar-refractivity contribution in [2.45, 2.75) is 19.8 Å². The van der Waals surface area contributed by atoms with E-state index in [1.165, 1.54) is 5.69 Å². The van der Waals surface area contributed by atoms with E-state index in [4.69, 9.17) is 5.11 Å². The minimum absolute atomic E-state index is 0.166. The predicted octanol–water partition coefficient (Wildman–Crippen LogP) is 1.61. The van der Waals surface area contributed by atoms with Crippen LogP contribution in [0.25, 0.3) is 0 Å². The van der Waals surface area contributed by atoms with Gasteiger partial charge in [-0.05, 0) is 31.5 Å². The van der Waals surface area contributed by atoms with Gasteiger partial charge >= 0.3 is 12.0 Å². The summed E-state index contributed by atoms with van der Waals surface area (Å²) in [5.41, 5.74) is 1.28. The van der Waals surface area contributed by atoms with Crippen molar-refractivity contribution in [2.75, 3.05) is 50.7 Å². The van der Waals surface area contributed by atoms with Crippen LogP contribution in [0.2, 0.25) is 0 Å². The molecule has 1 aromatic carbocycles. The maximum absolute atomic E-state index is 11.7. The highest BCUT2D eigenvalue weighted by Gasteiger charge is 2.17. The standard InChI is InChI=1S/C19H30N4O3/c1-2-16(18(24)25)15-21-19(26)20-9-6-10-22-11-13-23(14-12-22)17-7-4-3-5-8-17/h3-5,7-8,16H,2,6,9-15H2,1H3,(H,24,25)(H2,20,21,26). The average Bonchev–Trinajstić information content (AvgIpc) is 2.66. The van der Waals surface area contributed by atoms with Gasteiger partial charge in [-0.2, -0.15) is 0 Å². The van der Waals surface area contributed by atoms with Gasteiger partial charge in [0.1, 0.15) is 0 Å². The van der Waals surface area contributed by atoms with Crippen LogP contribution < -0.4 is 15.5 Å². The van der Waals surface area contributed by atoms with Gasteiger partial charge in [-0.3, -0.25) is 9.69 Å². The zero-order chi connectivity index (χ0) is 18.8. The monoisotopic (exact) mass is 362 g/mol. The molecule has 0 aromatic heterocycles. The Hall–Kier alpha value is -2.28. The van der Waals surface area contributed by atoms with Crippen molar-refractivity contribution in [1.29, 1.82) is 0 Å². The third-order valence-electron chi connectivity index (χ3n) is 4.78. The van der Waals surface area contributed by atoms with Crippen molar-refractivity contribution in [3.63, 3.8) is 0 Å². The van der Waals surface area contributed by atoms with E-state index >= 15 is 0 Å². The van der Waals surface area contributed by atoms with Crippen molar-refractivity contribution in [3.8, 4) is 0 Å². The fourth-order valence-corrected chi connectivity index (χ4v) is 3.06. The number of hydrogen-bond acceptors (Lipinski definition) is 4. The molecule has 1 saturated heterocycles. The van der Waals surface area contributed by atoms with E-state index in [-0.39, 0.29) is 12.6 Å². The third-order valence-corrected chi connectivity index (χ3v) is 4.78. The number of rotatable bonds is 9. The van der Waals surface area contributed by atoms with Crippen LogP contribution in [0.15, 0.2) is 30.3 Å². The molecule has 1 atom stereocenters. The second-order valence-corrected chi connectivity index (χ2v) is 6.60. The number of benzene rings is 1. The molecule has 0 aliphatic carbocycles. The summed E-state index contributed by atoms with van der Waals surface area (Å²) in [4.78, 5) is 27.4. The molecule has 1 unspecified atom stereocenters. The Labute approximate surface area is 155 Å². The van der Waals surface area contributed by atoms with Gasteiger partial charge in [-0.25, -0.2) is 4.79 Å². The molecule has 2 rings (SSSR count). The number of amides is 2. The van der Waals surface area contributed by atoms with Crippen molar-refractivity contribution in [3.05, 3.63) is 30.3 Å². The topological polar surface area (TPSA) is 84.9 Å². The Morgan fingerprint density at radius 2 is 1.81 bits per heavy atom. The van der Waals surface area contributed by atoms with Gasteiger partial charge in [0.05, 0.1) is 5.92 Å². The van der Waals surface area contributed by atoms with Crippen LogP contribution in [0, 0.1) is 5.92 Å². The number of carbonyl (C=O) groups excluding carboxylic acids is 1. The first kappa shape index (κ1) is 20.0. The molecule has 0 saturated carbocycles. The second kappa shape index (κ2) is 10.7. The van der Waals surface area contributed by atoms with E-state index in [2.05, 4.69) is 44.7 Å². The molecular formula is C19H30N4O3. The van der Waals surface area contributed by atoms with Crippen LogP contribution in [0.1, 0.15) is 19.8 Å². The Kier molecular flexibility index (Phi) is 8.21. The van der Waals surface area contributed by atoms with E-state index in [1.807, 2.05) is 6.07 Å². The van der Waals surface area contributed by atoms with Crippen LogP contribution in [-0.2, 0) is 4.79 Å². The number of nitrogens with zero attached hydrogens (tertiary/aromatic N) is 2. The van der Waals surface area contributed by atoms with Gasteiger partial charge < -0.3 is 20.6 Å². The number of urea groups is 1. The Balaban J connectivity index is 1.55. The zero-order valence-electron chi connectivity index (χ0n) is 15.5. The number of nitrogens with one attached hydrogen (secondary N) is 2. The highest BCUT2D eigenvalue weighted by molar-refractivity contribution is 5.75. The fraction of sp³-hybridized carbons (Fsp3) is 0.579. The molecule has 26 heavy (non-hydrogen) atoms. The largest absolute Gasteiger partial charge is 0.481 e. The van der Waals surface area contributed by atoms with Gasteiger partial charge in [-0.15, -0.1) is 0 Å². The summed E-state index contributed by atoms with van der Waals surface area (Å²) in [6.45, 7) is 7.60. The Bertz CT molecular complexity index is 559. The number of aliphatic carboxylic acids is 1. The number of hydrogen-bond donors (Lipinski definition) is 3. The van der Waals surface area contributed by atoms with Crippen LogP contribution in [-0.4, -0.2) is 67.8 Å². The van der Waals surface area contributed by atoms with E-state index in [1.54, 1.807) is 6.92 Å². The summed E-state index contributed by atoms with van der Waals surface area (Å²) in [7, 11) is 0. The lowest BCUT2D eigenvalue weighted by molar-refractivity contribution is -0.141. The number of carboxylic acid groups (broad SMARTS) is 1. The van der Waals surface area contributed by atoms with E-state index in [0.717, 1.165) is 39.1 Å². The Morgan fingerprint density at radius 1 is 1.12 bits per heavy atom. The molecule has 1 aliphatic rings. The third kappa shape index (κ3) is 6.55. The van der Waals surface area contributed by atoms with E-state index < -0.39 is 11.9 Å². The molecule has 3 N–H and O–H groups in total. The normalized spacial score (nSPS) is 16.1. The first-order valence-corrected chi connectivity index (χ1v) is 9.37. The molecular weight excluding hydrogens is 332 g/mol. The van der Waals surface area contributed by atoms with E-state index in [0.29, 0.717) is 13.0 Å². The molecule has 1 heterocycles. The second-order valence-electron chi connectivity index (χ2n) is 6.60. The van der Waals surface area contributed by atoms with Crippen LogP contribution in [0.5, 0.6) is 0 Å². The molecule has 7 nitrogen and oxygen atoms in total. The molecule has 1 aromatic rings. The van der Waals surface area contributed by atoms with Gasteiger partial charge in [-0.1, -0.05) is 25.1 Å². The van der Waals surface area contributed by atoms with Crippen molar-refractivity contribution in [1.82, 2.24) is 15.5 Å². The summed E-state index contributed by atoms with van der Waals surface area (Å²) < 4.78 is 0. The average molecular weight is 362 g/mol. The molecule has 0 radical (unpaired) electrons. The number of carbonyl (C=O) groups is 2. The maximum Gasteiger partial charge on any atom is 0.314 e. The van der Waals surface area contributed by atoms with Crippen molar-refractivity contribution >= 4 is 17.7 Å².